The van der Waals surface area contributed by atoms with Crippen molar-refractivity contribution in [3.63, 3.8) is 0 Å². The summed E-state index contributed by atoms with van der Waals surface area (Å²) in [7, 11) is 1.56. The van der Waals surface area contributed by atoms with E-state index >= 15 is 0 Å². The number of Topliss-reactive ketones (excluding diaryl/α,β-unsaturated/α-hetero) is 1. The highest BCUT2D eigenvalue weighted by molar-refractivity contribution is 6.32. The van der Waals surface area contributed by atoms with E-state index in [1.54, 1.807) is 31.4 Å². The molecule has 0 fully saturated rings. The molecule has 126 valence electrons. The molecule has 0 spiro atoms. The van der Waals surface area contributed by atoms with Gasteiger partial charge in [-0.2, -0.15) is 0 Å². The molecule has 0 amide bonds. The van der Waals surface area contributed by atoms with Gasteiger partial charge in [0.25, 0.3) is 0 Å². The van der Waals surface area contributed by atoms with E-state index in [1.165, 1.54) is 6.92 Å². The van der Waals surface area contributed by atoms with E-state index in [0.717, 1.165) is 5.56 Å². The van der Waals surface area contributed by atoms with Crippen molar-refractivity contribution in [1.29, 1.82) is 0 Å². The normalized spacial score (nSPS) is 12.6. The summed E-state index contributed by atoms with van der Waals surface area (Å²) in [5, 5.41) is 0.475. The van der Waals surface area contributed by atoms with Crippen molar-refractivity contribution in [2.45, 2.75) is 13.5 Å². The number of carbonyl (C=O) groups is 1. The third kappa shape index (κ3) is 3.41. The molecule has 0 N–H and O–H groups in total. The average Bonchev–Trinajstić information content (AvgIpc) is 2.59. The van der Waals surface area contributed by atoms with Gasteiger partial charge in [-0.25, -0.2) is 0 Å². The fraction of sp³-hybridized carbons (Fsp3) is 0.278. The third-order valence-electron chi connectivity index (χ3n) is 3.62. The first-order valence-electron chi connectivity index (χ1n) is 7.48. The molecular weight excluding hydrogens is 332 g/mol. The van der Waals surface area contributed by atoms with Gasteiger partial charge in [-0.1, -0.05) is 11.6 Å². The van der Waals surface area contributed by atoms with E-state index < -0.39 is 0 Å². The van der Waals surface area contributed by atoms with Crippen molar-refractivity contribution in [1.82, 2.24) is 0 Å². The summed E-state index contributed by atoms with van der Waals surface area (Å²) < 4.78 is 22.1. The molecule has 24 heavy (non-hydrogen) atoms. The number of halogens is 1. The summed E-state index contributed by atoms with van der Waals surface area (Å²) in [6.45, 7) is 2.70. The molecule has 1 aliphatic heterocycles. The summed E-state index contributed by atoms with van der Waals surface area (Å²) in [6.07, 6.45) is 0. The second-order valence-corrected chi connectivity index (χ2v) is 5.72. The molecule has 0 unspecified atom stereocenters. The predicted octanol–water partition coefficient (Wildman–Crippen LogP) is 3.90. The molecular formula is C18H17ClO5. The molecule has 1 heterocycles. The van der Waals surface area contributed by atoms with Crippen LogP contribution in [0.25, 0.3) is 0 Å². The Morgan fingerprint density at radius 3 is 2.75 bits per heavy atom. The lowest BCUT2D eigenvalue weighted by Gasteiger charge is -2.20. The Morgan fingerprint density at radius 1 is 1.21 bits per heavy atom. The number of hydrogen-bond acceptors (Lipinski definition) is 5. The number of hydrogen-bond donors (Lipinski definition) is 0. The lowest BCUT2D eigenvalue weighted by molar-refractivity contribution is 0.101. The first kappa shape index (κ1) is 16.5. The van der Waals surface area contributed by atoms with Crippen LogP contribution in [-0.2, 0) is 6.61 Å². The molecule has 3 rings (SSSR count). The van der Waals surface area contributed by atoms with Crippen LogP contribution in [0.5, 0.6) is 23.0 Å². The van der Waals surface area contributed by atoms with Gasteiger partial charge >= 0.3 is 0 Å². The SMILES string of the molecule is COc1ccc(C(C)=O)c(OCc2cc(Cl)c3c(c2)OCCO3)c1. The fourth-order valence-corrected chi connectivity index (χ4v) is 2.74. The van der Waals surface area contributed by atoms with Gasteiger partial charge in [0, 0.05) is 6.07 Å². The number of ether oxygens (including phenoxy) is 4. The zero-order valence-corrected chi connectivity index (χ0v) is 14.2. The Hall–Kier alpha value is -2.40. The maximum atomic E-state index is 11.7. The zero-order chi connectivity index (χ0) is 17.1. The molecule has 0 bridgehead atoms. The second kappa shape index (κ2) is 7.01. The first-order chi connectivity index (χ1) is 11.6. The molecule has 1 aliphatic rings. The monoisotopic (exact) mass is 348 g/mol. The third-order valence-corrected chi connectivity index (χ3v) is 3.90. The van der Waals surface area contributed by atoms with Gasteiger partial charge in [0.05, 0.1) is 17.7 Å². The topological polar surface area (TPSA) is 54.0 Å². The van der Waals surface area contributed by atoms with Gasteiger partial charge in [0.1, 0.15) is 31.3 Å². The fourth-order valence-electron chi connectivity index (χ4n) is 2.45. The summed E-state index contributed by atoms with van der Waals surface area (Å²) >= 11 is 6.22. The van der Waals surface area contributed by atoms with Crippen LogP contribution in [0.1, 0.15) is 22.8 Å². The van der Waals surface area contributed by atoms with E-state index in [-0.39, 0.29) is 12.4 Å². The van der Waals surface area contributed by atoms with Crippen molar-refractivity contribution < 1.29 is 23.7 Å². The lowest BCUT2D eigenvalue weighted by atomic mass is 10.1. The van der Waals surface area contributed by atoms with Gasteiger partial charge in [0.2, 0.25) is 0 Å². The number of ketones is 1. The van der Waals surface area contributed by atoms with E-state index in [1.807, 2.05) is 6.07 Å². The quantitative estimate of drug-likeness (QED) is 0.767. The van der Waals surface area contributed by atoms with Crippen LogP contribution in [0, 0.1) is 0 Å². The predicted molar refractivity (Wildman–Crippen MR) is 89.8 cm³/mol. The van der Waals surface area contributed by atoms with Crippen molar-refractivity contribution in [3.05, 3.63) is 46.5 Å². The van der Waals surface area contributed by atoms with Gasteiger partial charge < -0.3 is 18.9 Å². The van der Waals surface area contributed by atoms with Crippen LogP contribution in [0.15, 0.2) is 30.3 Å². The Balaban J connectivity index is 1.83. The number of fused-ring (bicyclic) bond motifs is 1. The molecule has 0 aliphatic carbocycles. The van der Waals surface area contributed by atoms with Crippen LogP contribution in [0.4, 0.5) is 0 Å². The van der Waals surface area contributed by atoms with Gasteiger partial charge in [-0.05, 0) is 36.8 Å². The van der Waals surface area contributed by atoms with Crippen LogP contribution in [-0.4, -0.2) is 26.1 Å². The molecule has 0 aromatic heterocycles. The molecule has 2 aromatic rings. The van der Waals surface area contributed by atoms with E-state index in [4.69, 9.17) is 30.5 Å². The summed E-state index contributed by atoms with van der Waals surface area (Å²) in [5.41, 5.74) is 1.32. The highest BCUT2D eigenvalue weighted by atomic mass is 35.5. The minimum Gasteiger partial charge on any atom is -0.497 e. The van der Waals surface area contributed by atoms with Crippen LogP contribution in [0.3, 0.4) is 0 Å². The molecule has 0 atom stereocenters. The number of rotatable bonds is 5. The minimum atomic E-state index is -0.0761. The van der Waals surface area contributed by atoms with E-state index in [0.29, 0.717) is 46.8 Å². The van der Waals surface area contributed by atoms with Gasteiger partial charge in [-0.3, -0.25) is 4.79 Å². The minimum absolute atomic E-state index is 0.0761. The molecule has 0 saturated heterocycles. The first-order valence-corrected chi connectivity index (χ1v) is 7.86. The summed E-state index contributed by atoms with van der Waals surface area (Å²) in [6, 6.07) is 8.70. The second-order valence-electron chi connectivity index (χ2n) is 5.31. The van der Waals surface area contributed by atoms with Crippen LogP contribution in [0.2, 0.25) is 5.02 Å². The van der Waals surface area contributed by atoms with Gasteiger partial charge in [0.15, 0.2) is 17.3 Å². The van der Waals surface area contributed by atoms with Crippen molar-refractivity contribution in [2.24, 2.45) is 0 Å². The molecule has 0 saturated carbocycles. The smallest absolute Gasteiger partial charge is 0.179 e. The summed E-state index contributed by atoms with van der Waals surface area (Å²) in [5.74, 6) is 2.16. The molecule has 6 heteroatoms. The van der Waals surface area contributed by atoms with Crippen molar-refractivity contribution in [3.8, 4) is 23.0 Å². The van der Waals surface area contributed by atoms with Crippen molar-refractivity contribution in [2.75, 3.05) is 20.3 Å². The Labute approximate surface area is 145 Å². The lowest BCUT2D eigenvalue weighted by Crippen LogP contribution is -2.16. The number of carbonyl (C=O) groups excluding carboxylic acids is 1. The standard InChI is InChI=1S/C18H17ClO5/c1-11(20)14-4-3-13(21-2)9-16(14)24-10-12-7-15(19)18-17(8-12)22-5-6-23-18/h3-4,7-9H,5-6,10H2,1-2H3. The van der Waals surface area contributed by atoms with Crippen molar-refractivity contribution >= 4 is 17.4 Å². The molecule has 0 radical (unpaired) electrons. The zero-order valence-electron chi connectivity index (χ0n) is 13.4. The highest BCUT2D eigenvalue weighted by Crippen LogP contribution is 2.38. The van der Waals surface area contributed by atoms with Gasteiger partial charge in [-0.15, -0.1) is 0 Å². The highest BCUT2D eigenvalue weighted by Gasteiger charge is 2.17. The van der Waals surface area contributed by atoms with E-state index in [9.17, 15) is 4.79 Å². The Bertz CT molecular complexity index is 772. The number of benzene rings is 2. The van der Waals surface area contributed by atoms with Crippen LogP contribution >= 0.6 is 11.6 Å². The summed E-state index contributed by atoms with van der Waals surface area (Å²) in [4.78, 5) is 11.7. The maximum Gasteiger partial charge on any atom is 0.179 e. The largest absolute Gasteiger partial charge is 0.497 e. The molecule has 2 aromatic carbocycles. The Kier molecular flexibility index (Phi) is 4.81. The number of methoxy groups -OCH3 is 1. The average molecular weight is 349 g/mol. The Morgan fingerprint density at radius 2 is 2.00 bits per heavy atom. The van der Waals surface area contributed by atoms with E-state index in [2.05, 4.69) is 0 Å². The maximum absolute atomic E-state index is 11.7. The molecule has 5 nitrogen and oxygen atoms in total. The van der Waals surface area contributed by atoms with Crippen LogP contribution < -0.4 is 18.9 Å².